The van der Waals surface area contributed by atoms with Gasteiger partial charge in [-0.05, 0) is 31.8 Å². The largest absolute Gasteiger partial charge is 0.368 e. The topological polar surface area (TPSA) is 26.8 Å². The molecule has 1 saturated heterocycles. The van der Waals surface area contributed by atoms with Crippen LogP contribution in [0.15, 0.2) is 24.3 Å². The molecule has 4 heteroatoms. The van der Waals surface area contributed by atoms with Gasteiger partial charge in [-0.1, -0.05) is 12.1 Å². The van der Waals surface area contributed by atoms with Gasteiger partial charge >= 0.3 is 0 Å². The standard InChI is InChI=1S/C15H23N3O/c1-13(19)17-8-10-18(11-9-17)15-6-4-14(5-7-15)12-16(2)3/h4-7H,8-12H2,1-3H3. The number of carbonyl (C=O) groups excluding carboxylic acids is 1. The lowest BCUT2D eigenvalue weighted by molar-refractivity contribution is -0.129. The second-order valence-electron chi connectivity index (χ2n) is 5.40. The molecule has 0 radical (unpaired) electrons. The molecule has 1 amide bonds. The maximum Gasteiger partial charge on any atom is 0.219 e. The number of hydrogen-bond acceptors (Lipinski definition) is 3. The van der Waals surface area contributed by atoms with Crippen molar-refractivity contribution in [2.75, 3.05) is 45.2 Å². The minimum absolute atomic E-state index is 0.181. The zero-order valence-corrected chi connectivity index (χ0v) is 12.1. The van der Waals surface area contributed by atoms with E-state index in [1.54, 1.807) is 6.92 Å². The Labute approximate surface area is 115 Å². The molecule has 0 spiro atoms. The molecule has 1 aromatic rings. The van der Waals surface area contributed by atoms with Gasteiger partial charge in [-0.2, -0.15) is 0 Å². The SMILES string of the molecule is CC(=O)N1CCN(c2ccc(CN(C)C)cc2)CC1. The van der Waals surface area contributed by atoms with Crippen LogP contribution >= 0.6 is 0 Å². The van der Waals surface area contributed by atoms with Gasteiger partial charge in [0.15, 0.2) is 0 Å². The van der Waals surface area contributed by atoms with Gasteiger partial charge in [-0.25, -0.2) is 0 Å². The van der Waals surface area contributed by atoms with Gasteiger partial charge in [0.05, 0.1) is 0 Å². The van der Waals surface area contributed by atoms with Crippen molar-refractivity contribution in [2.45, 2.75) is 13.5 Å². The highest BCUT2D eigenvalue weighted by molar-refractivity contribution is 5.73. The molecule has 4 nitrogen and oxygen atoms in total. The van der Waals surface area contributed by atoms with Crippen molar-refractivity contribution >= 4 is 11.6 Å². The second kappa shape index (κ2) is 6.06. The molecule has 2 rings (SSSR count). The van der Waals surface area contributed by atoms with Crippen LogP contribution in [0.1, 0.15) is 12.5 Å². The summed E-state index contributed by atoms with van der Waals surface area (Å²) in [6.07, 6.45) is 0. The molecule has 0 saturated carbocycles. The monoisotopic (exact) mass is 261 g/mol. The highest BCUT2D eigenvalue weighted by Gasteiger charge is 2.18. The van der Waals surface area contributed by atoms with E-state index < -0.39 is 0 Å². The third-order valence-corrected chi connectivity index (χ3v) is 3.53. The zero-order valence-electron chi connectivity index (χ0n) is 12.1. The van der Waals surface area contributed by atoms with E-state index in [9.17, 15) is 4.79 Å². The molecule has 0 bridgehead atoms. The Morgan fingerprint density at radius 1 is 1.11 bits per heavy atom. The van der Waals surface area contributed by atoms with Crippen molar-refractivity contribution in [1.29, 1.82) is 0 Å². The van der Waals surface area contributed by atoms with Crippen molar-refractivity contribution in [3.05, 3.63) is 29.8 Å². The Kier molecular flexibility index (Phi) is 4.43. The molecule has 0 N–H and O–H groups in total. The summed E-state index contributed by atoms with van der Waals surface area (Å²) < 4.78 is 0. The summed E-state index contributed by atoms with van der Waals surface area (Å²) in [6, 6.07) is 8.74. The summed E-state index contributed by atoms with van der Waals surface area (Å²) in [5.74, 6) is 0.181. The first-order chi connectivity index (χ1) is 9.06. The Bertz CT molecular complexity index is 420. The van der Waals surface area contributed by atoms with Crippen molar-refractivity contribution in [3.8, 4) is 0 Å². The minimum Gasteiger partial charge on any atom is -0.368 e. The maximum atomic E-state index is 11.3. The van der Waals surface area contributed by atoms with Gasteiger partial charge < -0.3 is 14.7 Å². The van der Waals surface area contributed by atoms with Crippen LogP contribution in [0.4, 0.5) is 5.69 Å². The number of rotatable bonds is 3. The minimum atomic E-state index is 0.181. The predicted octanol–water partition coefficient (Wildman–Crippen LogP) is 1.42. The van der Waals surface area contributed by atoms with E-state index in [4.69, 9.17) is 0 Å². The van der Waals surface area contributed by atoms with Crippen LogP contribution < -0.4 is 4.90 Å². The fourth-order valence-corrected chi connectivity index (χ4v) is 2.46. The van der Waals surface area contributed by atoms with Crippen LogP contribution in [0.25, 0.3) is 0 Å². The quantitative estimate of drug-likeness (QED) is 0.823. The Morgan fingerprint density at radius 3 is 2.16 bits per heavy atom. The molecule has 0 unspecified atom stereocenters. The van der Waals surface area contributed by atoms with Crippen LogP contribution in [-0.4, -0.2) is 56.0 Å². The van der Waals surface area contributed by atoms with Gasteiger partial charge in [-0.15, -0.1) is 0 Å². The first kappa shape index (κ1) is 13.9. The third kappa shape index (κ3) is 3.70. The summed E-state index contributed by atoms with van der Waals surface area (Å²) in [4.78, 5) is 17.7. The Hall–Kier alpha value is -1.55. The first-order valence-electron chi connectivity index (χ1n) is 6.80. The van der Waals surface area contributed by atoms with E-state index in [2.05, 4.69) is 48.2 Å². The number of hydrogen-bond donors (Lipinski definition) is 0. The normalized spacial score (nSPS) is 16.0. The predicted molar refractivity (Wildman–Crippen MR) is 78.3 cm³/mol. The molecule has 19 heavy (non-hydrogen) atoms. The van der Waals surface area contributed by atoms with Crippen molar-refractivity contribution < 1.29 is 4.79 Å². The third-order valence-electron chi connectivity index (χ3n) is 3.53. The van der Waals surface area contributed by atoms with E-state index >= 15 is 0 Å². The van der Waals surface area contributed by atoms with Gasteiger partial charge in [-0.3, -0.25) is 4.79 Å². The van der Waals surface area contributed by atoms with Crippen molar-refractivity contribution in [3.63, 3.8) is 0 Å². The van der Waals surface area contributed by atoms with E-state index in [1.165, 1.54) is 11.3 Å². The number of piperazine rings is 1. The van der Waals surface area contributed by atoms with Crippen LogP contribution in [-0.2, 0) is 11.3 Å². The van der Waals surface area contributed by atoms with Gasteiger partial charge in [0, 0.05) is 45.3 Å². The molecule has 0 aromatic heterocycles. The average Bonchev–Trinajstić information content (AvgIpc) is 2.39. The van der Waals surface area contributed by atoms with E-state index in [-0.39, 0.29) is 5.91 Å². The lowest BCUT2D eigenvalue weighted by atomic mass is 10.1. The molecule has 1 aromatic carbocycles. The molecule has 1 aliphatic heterocycles. The van der Waals surface area contributed by atoms with Crippen LogP contribution in [0, 0.1) is 0 Å². The van der Waals surface area contributed by atoms with Crippen LogP contribution in [0.3, 0.4) is 0 Å². The van der Waals surface area contributed by atoms with E-state index in [0.29, 0.717) is 0 Å². The molecule has 0 aliphatic carbocycles. The van der Waals surface area contributed by atoms with Gasteiger partial charge in [0.2, 0.25) is 5.91 Å². The molecule has 0 atom stereocenters. The number of amides is 1. The fraction of sp³-hybridized carbons (Fsp3) is 0.533. The van der Waals surface area contributed by atoms with Gasteiger partial charge in [0.25, 0.3) is 0 Å². The highest BCUT2D eigenvalue weighted by atomic mass is 16.2. The van der Waals surface area contributed by atoms with E-state index in [0.717, 1.165) is 32.7 Å². The Morgan fingerprint density at radius 2 is 1.68 bits per heavy atom. The van der Waals surface area contributed by atoms with Crippen LogP contribution in [0.2, 0.25) is 0 Å². The smallest absolute Gasteiger partial charge is 0.219 e. The molecular formula is C15H23N3O. The maximum absolute atomic E-state index is 11.3. The summed E-state index contributed by atoms with van der Waals surface area (Å²) in [6.45, 7) is 6.12. The average molecular weight is 261 g/mol. The summed E-state index contributed by atoms with van der Waals surface area (Å²) in [5.41, 5.74) is 2.59. The van der Waals surface area contributed by atoms with Crippen molar-refractivity contribution in [1.82, 2.24) is 9.80 Å². The summed E-state index contributed by atoms with van der Waals surface area (Å²) in [7, 11) is 4.16. The molecule has 104 valence electrons. The summed E-state index contributed by atoms with van der Waals surface area (Å²) in [5, 5.41) is 0. The lowest BCUT2D eigenvalue weighted by Gasteiger charge is -2.35. The fourth-order valence-electron chi connectivity index (χ4n) is 2.46. The van der Waals surface area contributed by atoms with Crippen molar-refractivity contribution in [2.24, 2.45) is 0 Å². The molecular weight excluding hydrogens is 238 g/mol. The van der Waals surface area contributed by atoms with E-state index in [1.807, 2.05) is 4.90 Å². The highest BCUT2D eigenvalue weighted by Crippen LogP contribution is 2.17. The molecule has 1 heterocycles. The molecule has 1 aliphatic rings. The first-order valence-corrected chi connectivity index (χ1v) is 6.80. The Balaban J connectivity index is 1.94. The number of anilines is 1. The second-order valence-corrected chi connectivity index (χ2v) is 5.40. The number of nitrogens with zero attached hydrogens (tertiary/aromatic N) is 3. The summed E-state index contributed by atoms with van der Waals surface area (Å²) >= 11 is 0. The molecule has 1 fully saturated rings. The number of carbonyl (C=O) groups is 1. The lowest BCUT2D eigenvalue weighted by Crippen LogP contribution is -2.48. The zero-order chi connectivity index (χ0) is 13.8. The van der Waals surface area contributed by atoms with Gasteiger partial charge in [0.1, 0.15) is 0 Å². The number of benzene rings is 1. The van der Waals surface area contributed by atoms with Crippen LogP contribution in [0.5, 0.6) is 0 Å².